The van der Waals surface area contributed by atoms with Crippen LogP contribution in [0.2, 0.25) is 0 Å². The summed E-state index contributed by atoms with van der Waals surface area (Å²) >= 11 is 3.41. The van der Waals surface area contributed by atoms with Gasteiger partial charge in [-0.05, 0) is 42.6 Å². The second-order valence-corrected chi connectivity index (χ2v) is 8.54. The summed E-state index contributed by atoms with van der Waals surface area (Å²) in [7, 11) is -3.98. The molecule has 4 aromatic rings. The zero-order valence-corrected chi connectivity index (χ0v) is 15.6. The number of hydrogen-bond acceptors (Lipinski definition) is 3. The third kappa shape index (κ3) is 2.51. The maximum Gasteiger partial charge on any atom is 0.340 e. The van der Waals surface area contributed by atoms with Gasteiger partial charge in [-0.3, -0.25) is 0 Å². The van der Waals surface area contributed by atoms with E-state index in [4.69, 9.17) is 0 Å². The molecule has 0 atom stereocenters. The van der Waals surface area contributed by atoms with Crippen molar-refractivity contribution in [2.75, 3.05) is 0 Å². The maximum atomic E-state index is 13.0. The summed E-state index contributed by atoms with van der Waals surface area (Å²) in [6.07, 6.45) is 0. The normalized spacial score (nSPS) is 12.1. The van der Waals surface area contributed by atoms with Crippen molar-refractivity contribution in [2.24, 2.45) is 0 Å². The number of fused-ring (bicyclic) bond motifs is 3. The van der Waals surface area contributed by atoms with Crippen molar-refractivity contribution < 1.29 is 8.42 Å². The van der Waals surface area contributed by atoms with Crippen LogP contribution < -0.4 is 5.69 Å². The fourth-order valence-corrected chi connectivity index (χ4v) is 4.66. The first-order chi connectivity index (χ1) is 11.9. The molecule has 126 valence electrons. The van der Waals surface area contributed by atoms with Crippen LogP contribution in [0.4, 0.5) is 0 Å². The minimum Gasteiger partial charge on any atom is -0.304 e. The molecule has 0 saturated carbocycles. The van der Waals surface area contributed by atoms with Gasteiger partial charge in [-0.15, -0.1) is 0 Å². The zero-order valence-electron chi connectivity index (χ0n) is 13.2. The van der Waals surface area contributed by atoms with Crippen LogP contribution >= 0.6 is 15.9 Å². The molecular formula is C18H13BrN2O3S. The van der Waals surface area contributed by atoms with E-state index in [9.17, 15) is 13.2 Å². The Morgan fingerprint density at radius 2 is 1.72 bits per heavy atom. The summed E-state index contributed by atoms with van der Waals surface area (Å²) in [5, 5.41) is 1.69. The number of halogens is 1. The van der Waals surface area contributed by atoms with Gasteiger partial charge in [-0.2, -0.15) is 3.97 Å². The Bertz CT molecular complexity index is 1290. The van der Waals surface area contributed by atoms with E-state index in [1.807, 2.05) is 25.1 Å². The summed E-state index contributed by atoms with van der Waals surface area (Å²) < 4.78 is 27.7. The average Bonchev–Trinajstić information content (AvgIpc) is 2.91. The Balaban J connectivity index is 2.05. The number of nitrogens with one attached hydrogen (secondary N) is 1. The Morgan fingerprint density at radius 3 is 2.44 bits per heavy atom. The van der Waals surface area contributed by atoms with Gasteiger partial charge in [0.05, 0.1) is 15.9 Å². The van der Waals surface area contributed by atoms with E-state index in [0.29, 0.717) is 11.0 Å². The molecule has 1 heterocycles. The van der Waals surface area contributed by atoms with Gasteiger partial charge in [0, 0.05) is 9.86 Å². The summed E-state index contributed by atoms with van der Waals surface area (Å²) in [5.41, 5.74) is 1.11. The van der Waals surface area contributed by atoms with Crippen molar-refractivity contribution in [3.05, 3.63) is 75.1 Å². The number of imidazole rings is 1. The molecule has 0 amide bonds. The highest BCUT2D eigenvalue weighted by Crippen LogP contribution is 2.27. The first-order valence-electron chi connectivity index (χ1n) is 7.53. The van der Waals surface area contributed by atoms with E-state index < -0.39 is 15.7 Å². The van der Waals surface area contributed by atoms with Gasteiger partial charge in [-0.1, -0.05) is 45.8 Å². The summed E-state index contributed by atoms with van der Waals surface area (Å²) in [6.45, 7) is 1.87. The molecular weight excluding hydrogens is 404 g/mol. The van der Waals surface area contributed by atoms with Crippen molar-refractivity contribution in [2.45, 2.75) is 11.8 Å². The van der Waals surface area contributed by atoms with Gasteiger partial charge in [0.25, 0.3) is 10.0 Å². The van der Waals surface area contributed by atoms with E-state index in [0.717, 1.165) is 24.8 Å². The highest BCUT2D eigenvalue weighted by molar-refractivity contribution is 9.10. The van der Waals surface area contributed by atoms with Crippen LogP contribution in [-0.2, 0) is 10.0 Å². The number of aromatic nitrogens is 2. The molecule has 0 spiro atoms. The van der Waals surface area contributed by atoms with Gasteiger partial charge in [0.15, 0.2) is 0 Å². The first-order valence-corrected chi connectivity index (χ1v) is 9.76. The summed E-state index contributed by atoms with van der Waals surface area (Å²) in [6, 6.07) is 15.5. The van der Waals surface area contributed by atoms with Gasteiger partial charge in [0.1, 0.15) is 0 Å². The first kappa shape index (κ1) is 16.1. The molecule has 0 fully saturated rings. The third-order valence-electron chi connectivity index (χ3n) is 4.15. The van der Waals surface area contributed by atoms with E-state index in [-0.39, 0.29) is 4.90 Å². The molecule has 0 radical (unpaired) electrons. The van der Waals surface area contributed by atoms with Gasteiger partial charge >= 0.3 is 5.69 Å². The van der Waals surface area contributed by atoms with Gasteiger partial charge in [0.2, 0.25) is 0 Å². The smallest absolute Gasteiger partial charge is 0.304 e. The number of benzene rings is 3. The Kier molecular flexibility index (Phi) is 3.59. The maximum absolute atomic E-state index is 13.0. The lowest BCUT2D eigenvalue weighted by molar-refractivity contribution is 0.587. The number of nitrogens with zero attached hydrogens (tertiary/aromatic N) is 1. The fourth-order valence-electron chi connectivity index (χ4n) is 2.91. The van der Waals surface area contributed by atoms with Crippen LogP contribution in [0.25, 0.3) is 21.8 Å². The van der Waals surface area contributed by atoms with Crippen molar-refractivity contribution >= 4 is 47.8 Å². The van der Waals surface area contributed by atoms with Crippen molar-refractivity contribution in [1.82, 2.24) is 8.96 Å². The highest BCUT2D eigenvalue weighted by atomic mass is 79.9. The molecule has 3 aromatic carbocycles. The Hall–Kier alpha value is -2.38. The van der Waals surface area contributed by atoms with Crippen LogP contribution in [0.15, 0.2) is 68.8 Å². The molecule has 5 nitrogen and oxygen atoms in total. The largest absolute Gasteiger partial charge is 0.340 e. The molecule has 1 aromatic heterocycles. The molecule has 0 aliphatic rings. The fraction of sp³-hybridized carbons (Fsp3) is 0.0556. The molecule has 0 aliphatic carbocycles. The lowest BCUT2D eigenvalue weighted by Gasteiger charge is -2.07. The number of aromatic amines is 1. The molecule has 4 rings (SSSR count). The van der Waals surface area contributed by atoms with Crippen LogP contribution in [0, 0.1) is 6.92 Å². The zero-order chi connectivity index (χ0) is 17.8. The van der Waals surface area contributed by atoms with Crippen LogP contribution in [0.5, 0.6) is 0 Å². The molecule has 0 saturated heterocycles. The SMILES string of the molecule is Cc1ccc(S(=O)(=O)n2c(=O)[nH]c3c4ccc(Br)cc4ccc32)cc1. The predicted octanol–water partition coefficient (Wildman–Crippen LogP) is 3.79. The van der Waals surface area contributed by atoms with Gasteiger partial charge < -0.3 is 4.98 Å². The average molecular weight is 417 g/mol. The van der Waals surface area contributed by atoms with E-state index in [1.165, 1.54) is 12.1 Å². The molecule has 7 heteroatoms. The minimum absolute atomic E-state index is 0.0806. The highest BCUT2D eigenvalue weighted by Gasteiger charge is 2.23. The van der Waals surface area contributed by atoms with E-state index in [1.54, 1.807) is 24.3 Å². The summed E-state index contributed by atoms with van der Waals surface area (Å²) in [5.74, 6) is 0. The topological polar surface area (TPSA) is 71.9 Å². The van der Waals surface area contributed by atoms with Crippen molar-refractivity contribution in [3.8, 4) is 0 Å². The third-order valence-corrected chi connectivity index (χ3v) is 6.36. The van der Waals surface area contributed by atoms with Crippen molar-refractivity contribution in [1.29, 1.82) is 0 Å². The molecule has 0 aliphatic heterocycles. The van der Waals surface area contributed by atoms with E-state index >= 15 is 0 Å². The number of rotatable bonds is 2. The quantitative estimate of drug-likeness (QED) is 0.540. The second-order valence-electron chi connectivity index (χ2n) is 5.84. The van der Waals surface area contributed by atoms with E-state index in [2.05, 4.69) is 20.9 Å². The van der Waals surface area contributed by atoms with Gasteiger partial charge in [-0.25, -0.2) is 13.2 Å². The van der Waals surface area contributed by atoms with Crippen LogP contribution in [0.1, 0.15) is 5.56 Å². The number of hydrogen-bond donors (Lipinski definition) is 1. The minimum atomic E-state index is -3.98. The predicted molar refractivity (Wildman–Crippen MR) is 102 cm³/mol. The van der Waals surface area contributed by atoms with Crippen molar-refractivity contribution in [3.63, 3.8) is 0 Å². The second kappa shape index (κ2) is 5.57. The molecule has 0 bridgehead atoms. The Morgan fingerprint density at radius 1 is 1.00 bits per heavy atom. The molecule has 1 N–H and O–H groups in total. The Labute approximate surface area is 152 Å². The number of aryl methyl sites for hydroxylation is 1. The standard InChI is InChI=1S/C18H13BrN2O3S/c1-11-2-6-14(7-3-11)25(23,24)21-16-9-4-12-10-13(19)5-8-15(12)17(16)20-18(21)22/h2-10H,1H3,(H,20,22). The monoisotopic (exact) mass is 416 g/mol. The lowest BCUT2D eigenvalue weighted by atomic mass is 10.1. The lowest BCUT2D eigenvalue weighted by Crippen LogP contribution is -2.25. The van der Waals surface area contributed by atoms with Crippen LogP contribution in [0.3, 0.4) is 0 Å². The number of H-pyrrole nitrogens is 1. The van der Waals surface area contributed by atoms with Crippen LogP contribution in [-0.4, -0.2) is 17.4 Å². The molecule has 0 unspecified atom stereocenters. The molecule has 25 heavy (non-hydrogen) atoms. The summed E-state index contributed by atoms with van der Waals surface area (Å²) in [4.78, 5) is 15.2.